The summed E-state index contributed by atoms with van der Waals surface area (Å²) in [5, 5.41) is 2.52. The lowest BCUT2D eigenvalue weighted by molar-refractivity contribution is 1.28. The molecule has 10 aromatic rings. The van der Waals surface area contributed by atoms with Gasteiger partial charge in [0.15, 0.2) is 0 Å². The van der Waals surface area contributed by atoms with Crippen LogP contribution in [0.5, 0.6) is 0 Å². The lowest BCUT2D eigenvalue weighted by Crippen LogP contribution is -2.10. The van der Waals surface area contributed by atoms with E-state index >= 15 is 0 Å². The molecule has 0 heterocycles. The van der Waals surface area contributed by atoms with Gasteiger partial charge in [0.25, 0.3) is 0 Å². The van der Waals surface area contributed by atoms with Crippen LogP contribution >= 0.6 is 0 Å². The van der Waals surface area contributed by atoms with Crippen LogP contribution in [-0.4, -0.2) is 0 Å². The van der Waals surface area contributed by atoms with E-state index in [1.54, 1.807) is 0 Å². The first-order chi connectivity index (χ1) is 29.2. The van der Waals surface area contributed by atoms with Crippen LogP contribution < -0.4 is 4.90 Å². The van der Waals surface area contributed by atoms with Gasteiger partial charge in [0.05, 0.1) is 0 Å². The van der Waals surface area contributed by atoms with Gasteiger partial charge in [0.1, 0.15) is 0 Å². The second-order valence-electron chi connectivity index (χ2n) is 14.9. The van der Waals surface area contributed by atoms with Crippen LogP contribution in [0.25, 0.3) is 77.5 Å². The largest absolute Gasteiger partial charge is 0.310 e. The number of rotatable bonds is 9. The van der Waals surface area contributed by atoms with Gasteiger partial charge in [-0.25, -0.2) is 0 Å². The SMILES string of the molecule is c1ccc(-c2ccc(-c3ccc(N(c4ccc(-c5cccc(-c6cccc7ccccc67)c5)cc4)c4cccc(-c5ccccc5-c5ccccc5)c4)cc3)cc2)cc1. The summed E-state index contributed by atoms with van der Waals surface area (Å²) >= 11 is 0. The molecule has 10 aromatic carbocycles. The minimum absolute atomic E-state index is 1.09. The van der Waals surface area contributed by atoms with Crippen LogP contribution in [0.1, 0.15) is 0 Å². The van der Waals surface area contributed by atoms with Crippen molar-refractivity contribution < 1.29 is 0 Å². The molecule has 0 amide bonds. The molecular formula is C58H41N. The molecule has 0 bridgehead atoms. The lowest BCUT2D eigenvalue weighted by atomic mass is 9.94. The minimum Gasteiger partial charge on any atom is -0.310 e. The van der Waals surface area contributed by atoms with E-state index in [0.29, 0.717) is 0 Å². The van der Waals surface area contributed by atoms with Crippen molar-refractivity contribution in [3.8, 4) is 66.8 Å². The van der Waals surface area contributed by atoms with Crippen molar-refractivity contribution in [2.45, 2.75) is 0 Å². The van der Waals surface area contributed by atoms with Crippen molar-refractivity contribution in [2.24, 2.45) is 0 Å². The zero-order valence-corrected chi connectivity index (χ0v) is 32.6. The van der Waals surface area contributed by atoms with Crippen molar-refractivity contribution in [2.75, 3.05) is 4.90 Å². The standard InChI is InChI=1S/C58H41N/c1-3-14-42(15-4-1)43-28-30-44(31-29-43)45-32-36-52(37-33-45)59(54-23-12-22-51(41-54)57-26-10-9-25-55(57)47-16-5-2-6-17-47)53-38-34-46(35-39-53)49-20-11-21-50(40-49)58-27-13-19-48-18-7-8-24-56(48)58/h1-41H. The molecule has 0 radical (unpaired) electrons. The zero-order valence-electron chi connectivity index (χ0n) is 32.6. The molecule has 0 atom stereocenters. The predicted molar refractivity (Wildman–Crippen MR) is 251 cm³/mol. The first-order valence-electron chi connectivity index (χ1n) is 20.2. The highest BCUT2D eigenvalue weighted by Gasteiger charge is 2.16. The summed E-state index contributed by atoms with van der Waals surface area (Å²) < 4.78 is 0. The van der Waals surface area contributed by atoms with E-state index in [9.17, 15) is 0 Å². The van der Waals surface area contributed by atoms with Gasteiger partial charge in [-0.3, -0.25) is 0 Å². The Morgan fingerprint density at radius 2 is 0.593 bits per heavy atom. The summed E-state index contributed by atoms with van der Waals surface area (Å²) in [6.07, 6.45) is 0. The normalized spacial score (nSPS) is 11.1. The van der Waals surface area contributed by atoms with Gasteiger partial charge in [0, 0.05) is 17.1 Å². The van der Waals surface area contributed by atoms with E-state index in [2.05, 4.69) is 254 Å². The van der Waals surface area contributed by atoms with E-state index in [-0.39, 0.29) is 0 Å². The Hall–Kier alpha value is -7.74. The van der Waals surface area contributed by atoms with Crippen molar-refractivity contribution in [1.82, 2.24) is 0 Å². The molecule has 0 N–H and O–H groups in total. The van der Waals surface area contributed by atoms with E-state index in [4.69, 9.17) is 0 Å². The Morgan fingerprint density at radius 3 is 1.24 bits per heavy atom. The average molecular weight is 752 g/mol. The van der Waals surface area contributed by atoms with Crippen LogP contribution in [0, 0.1) is 0 Å². The molecule has 10 rings (SSSR count). The summed E-state index contributed by atoms with van der Waals surface area (Å²) in [6.45, 7) is 0. The fourth-order valence-electron chi connectivity index (χ4n) is 8.30. The zero-order chi connectivity index (χ0) is 39.4. The first kappa shape index (κ1) is 35.7. The van der Waals surface area contributed by atoms with Gasteiger partial charge in [0.2, 0.25) is 0 Å². The molecule has 1 heteroatoms. The van der Waals surface area contributed by atoms with Gasteiger partial charge in [-0.15, -0.1) is 0 Å². The van der Waals surface area contributed by atoms with Crippen LogP contribution in [0.4, 0.5) is 17.1 Å². The quantitative estimate of drug-likeness (QED) is 0.142. The van der Waals surface area contributed by atoms with Gasteiger partial charge in [-0.2, -0.15) is 0 Å². The molecule has 1 nitrogen and oxygen atoms in total. The number of anilines is 3. The Morgan fingerprint density at radius 1 is 0.203 bits per heavy atom. The second kappa shape index (κ2) is 16.0. The van der Waals surface area contributed by atoms with Crippen LogP contribution in [0.2, 0.25) is 0 Å². The van der Waals surface area contributed by atoms with Crippen molar-refractivity contribution >= 4 is 27.8 Å². The fourth-order valence-corrected chi connectivity index (χ4v) is 8.30. The molecule has 0 aliphatic rings. The number of nitrogens with zero attached hydrogens (tertiary/aromatic N) is 1. The summed E-state index contributed by atoms with van der Waals surface area (Å²) in [5.74, 6) is 0. The van der Waals surface area contributed by atoms with E-state index in [1.165, 1.54) is 77.5 Å². The molecule has 0 aromatic heterocycles. The topological polar surface area (TPSA) is 3.24 Å². The minimum atomic E-state index is 1.09. The Kier molecular flexibility index (Phi) is 9.68. The second-order valence-corrected chi connectivity index (χ2v) is 14.9. The maximum absolute atomic E-state index is 2.37. The molecule has 59 heavy (non-hydrogen) atoms. The highest BCUT2D eigenvalue weighted by Crippen LogP contribution is 2.41. The van der Waals surface area contributed by atoms with E-state index < -0.39 is 0 Å². The third-order valence-corrected chi connectivity index (χ3v) is 11.3. The van der Waals surface area contributed by atoms with Gasteiger partial charge >= 0.3 is 0 Å². The highest BCUT2D eigenvalue weighted by atomic mass is 15.1. The molecule has 278 valence electrons. The molecule has 0 aliphatic carbocycles. The maximum atomic E-state index is 2.37. The fraction of sp³-hybridized carbons (Fsp3) is 0. The molecular weight excluding hydrogens is 711 g/mol. The number of fused-ring (bicyclic) bond motifs is 1. The summed E-state index contributed by atoms with van der Waals surface area (Å²) in [7, 11) is 0. The summed E-state index contributed by atoms with van der Waals surface area (Å²) in [4.78, 5) is 2.37. The number of benzene rings is 10. The smallest absolute Gasteiger partial charge is 0.0467 e. The number of hydrogen-bond acceptors (Lipinski definition) is 1. The molecule has 0 saturated carbocycles. The van der Waals surface area contributed by atoms with Gasteiger partial charge < -0.3 is 4.90 Å². The first-order valence-corrected chi connectivity index (χ1v) is 20.2. The van der Waals surface area contributed by atoms with Gasteiger partial charge in [-0.05, 0) is 120 Å². The molecule has 0 spiro atoms. The van der Waals surface area contributed by atoms with Gasteiger partial charge in [-0.1, -0.05) is 206 Å². The Bertz CT molecular complexity index is 3000. The third kappa shape index (κ3) is 7.34. The lowest BCUT2D eigenvalue weighted by Gasteiger charge is -2.26. The third-order valence-electron chi connectivity index (χ3n) is 11.3. The predicted octanol–water partition coefficient (Wildman–Crippen LogP) is 16.3. The average Bonchev–Trinajstić information content (AvgIpc) is 3.33. The molecule has 0 fully saturated rings. The Balaban J connectivity index is 1.02. The van der Waals surface area contributed by atoms with E-state index in [1.807, 2.05) is 0 Å². The molecule has 0 saturated heterocycles. The van der Waals surface area contributed by atoms with Crippen molar-refractivity contribution in [3.05, 3.63) is 249 Å². The Labute approximate surface area is 346 Å². The maximum Gasteiger partial charge on any atom is 0.0467 e. The molecule has 0 aliphatic heterocycles. The summed E-state index contributed by atoms with van der Waals surface area (Å²) in [6, 6.07) is 89.7. The summed E-state index contributed by atoms with van der Waals surface area (Å²) in [5.41, 5.74) is 17.7. The van der Waals surface area contributed by atoms with E-state index in [0.717, 1.165) is 17.1 Å². The van der Waals surface area contributed by atoms with Crippen LogP contribution in [0.15, 0.2) is 249 Å². The highest BCUT2D eigenvalue weighted by molar-refractivity contribution is 5.97. The monoisotopic (exact) mass is 751 g/mol. The van der Waals surface area contributed by atoms with Crippen LogP contribution in [-0.2, 0) is 0 Å². The van der Waals surface area contributed by atoms with Crippen molar-refractivity contribution in [3.63, 3.8) is 0 Å². The number of hydrogen-bond donors (Lipinski definition) is 0. The molecule has 0 unspecified atom stereocenters. The van der Waals surface area contributed by atoms with Crippen molar-refractivity contribution in [1.29, 1.82) is 0 Å². The van der Waals surface area contributed by atoms with Crippen LogP contribution in [0.3, 0.4) is 0 Å².